The second-order valence-electron chi connectivity index (χ2n) is 7.88. The molecule has 0 saturated carbocycles. The molecular weight excluding hydrogens is 492 g/mol. The molecule has 1 aliphatic rings. The van der Waals surface area contributed by atoms with E-state index in [-0.39, 0.29) is 36.0 Å². The lowest BCUT2D eigenvalue weighted by molar-refractivity contribution is -0.127. The molecule has 184 valence electrons. The monoisotopic (exact) mass is 516 g/mol. The van der Waals surface area contributed by atoms with Crippen LogP contribution in [0.4, 0.5) is 5.69 Å². The number of ether oxygens (including phenoxy) is 3. The van der Waals surface area contributed by atoms with Gasteiger partial charge in [-0.3, -0.25) is 9.10 Å². The molecule has 0 fully saturated rings. The summed E-state index contributed by atoms with van der Waals surface area (Å²) in [4.78, 5) is 13.0. The third kappa shape index (κ3) is 5.63. The number of amides is 1. The minimum Gasteiger partial charge on any atom is -0.497 e. The van der Waals surface area contributed by atoms with E-state index in [2.05, 4.69) is 5.32 Å². The Kier molecular flexibility index (Phi) is 7.37. The topological polar surface area (TPSA) is 94.2 Å². The summed E-state index contributed by atoms with van der Waals surface area (Å²) in [6.45, 7) is 2.11. The van der Waals surface area contributed by atoms with Crippen molar-refractivity contribution in [1.82, 2.24) is 5.32 Å². The Bertz CT molecular complexity index is 1300. The standard InChI is InChI=1S/C25H25ClN2O6S/c1-17-3-10-21(11-4-17)35(30,31)28-16-24(34-23-12-5-18(26)15-22(23)28)25(29)27-13-14-33-20-8-6-19(32-2)7-9-20/h3-12,15,24H,13-14,16H2,1-2H3,(H,27,29)/t24-/m1/s1. The highest BCUT2D eigenvalue weighted by Crippen LogP contribution is 2.38. The molecule has 3 aromatic carbocycles. The highest BCUT2D eigenvalue weighted by atomic mass is 35.5. The number of hydrogen-bond acceptors (Lipinski definition) is 6. The maximum atomic E-state index is 13.5. The van der Waals surface area contributed by atoms with Gasteiger partial charge < -0.3 is 19.5 Å². The molecule has 0 saturated heterocycles. The second kappa shape index (κ2) is 10.5. The van der Waals surface area contributed by atoms with Crippen molar-refractivity contribution in [3.63, 3.8) is 0 Å². The van der Waals surface area contributed by atoms with Gasteiger partial charge in [0.1, 0.15) is 23.9 Å². The Morgan fingerprint density at radius 1 is 1.09 bits per heavy atom. The molecule has 1 aliphatic heterocycles. The summed E-state index contributed by atoms with van der Waals surface area (Å²) in [6, 6.07) is 18.3. The number of halogens is 1. The molecule has 1 atom stereocenters. The largest absolute Gasteiger partial charge is 0.497 e. The molecule has 1 N–H and O–H groups in total. The van der Waals surface area contributed by atoms with Crippen LogP contribution in [-0.4, -0.2) is 47.2 Å². The molecule has 0 aromatic heterocycles. The van der Waals surface area contributed by atoms with Gasteiger partial charge >= 0.3 is 0 Å². The first-order valence-electron chi connectivity index (χ1n) is 10.9. The van der Waals surface area contributed by atoms with Gasteiger partial charge in [-0.1, -0.05) is 29.3 Å². The SMILES string of the molecule is COc1ccc(OCCNC(=O)[C@H]2CN(S(=O)(=O)c3ccc(C)cc3)c3cc(Cl)ccc3O2)cc1. The van der Waals surface area contributed by atoms with Gasteiger partial charge in [0, 0.05) is 5.02 Å². The Morgan fingerprint density at radius 2 is 1.77 bits per heavy atom. The van der Waals surface area contributed by atoms with Crippen LogP contribution in [0, 0.1) is 6.92 Å². The van der Waals surface area contributed by atoms with E-state index < -0.39 is 22.0 Å². The fourth-order valence-corrected chi connectivity index (χ4v) is 5.19. The highest BCUT2D eigenvalue weighted by Gasteiger charge is 2.37. The van der Waals surface area contributed by atoms with E-state index in [9.17, 15) is 13.2 Å². The fraction of sp³-hybridized carbons (Fsp3) is 0.240. The lowest BCUT2D eigenvalue weighted by Crippen LogP contribution is -2.51. The average Bonchev–Trinajstić information content (AvgIpc) is 2.86. The first kappa shape index (κ1) is 24.7. The van der Waals surface area contributed by atoms with Crippen molar-refractivity contribution in [3.8, 4) is 17.2 Å². The van der Waals surface area contributed by atoms with Gasteiger partial charge in [0.25, 0.3) is 15.9 Å². The molecule has 0 spiro atoms. The van der Waals surface area contributed by atoms with Crippen LogP contribution in [0.3, 0.4) is 0 Å². The number of carbonyl (C=O) groups is 1. The minimum atomic E-state index is -3.96. The Balaban J connectivity index is 1.46. The zero-order valence-electron chi connectivity index (χ0n) is 19.2. The quantitative estimate of drug-likeness (QED) is 0.458. The van der Waals surface area contributed by atoms with E-state index in [1.54, 1.807) is 55.6 Å². The van der Waals surface area contributed by atoms with Crippen molar-refractivity contribution >= 4 is 33.2 Å². The number of benzene rings is 3. The molecular formula is C25H25ClN2O6S. The Hall–Kier alpha value is -3.43. The van der Waals surface area contributed by atoms with Crippen LogP contribution in [0.1, 0.15) is 5.56 Å². The van der Waals surface area contributed by atoms with Crippen LogP contribution in [0.2, 0.25) is 5.02 Å². The number of fused-ring (bicyclic) bond motifs is 1. The first-order valence-corrected chi connectivity index (χ1v) is 12.7. The number of rotatable bonds is 8. The third-order valence-corrected chi connectivity index (χ3v) is 7.45. The van der Waals surface area contributed by atoms with Gasteiger partial charge in [-0.25, -0.2) is 8.42 Å². The predicted molar refractivity (Wildman–Crippen MR) is 133 cm³/mol. The van der Waals surface area contributed by atoms with Gasteiger partial charge in [-0.05, 0) is 61.5 Å². The Morgan fingerprint density at radius 3 is 2.46 bits per heavy atom. The number of hydrogen-bond donors (Lipinski definition) is 1. The van der Waals surface area contributed by atoms with Crippen molar-refractivity contribution in [3.05, 3.63) is 77.3 Å². The number of methoxy groups -OCH3 is 1. The van der Waals surface area contributed by atoms with Gasteiger partial charge in [0.2, 0.25) is 0 Å². The molecule has 8 nitrogen and oxygen atoms in total. The summed E-state index contributed by atoms with van der Waals surface area (Å²) >= 11 is 6.13. The molecule has 35 heavy (non-hydrogen) atoms. The lowest BCUT2D eigenvalue weighted by atomic mass is 10.2. The molecule has 3 aromatic rings. The van der Waals surface area contributed by atoms with Crippen LogP contribution in [0.25, 0.3) is 0 Å². The zero-order chi connectivity index (χ0) is 25.0. The van der Waals surface area contributed by atoms with E-state index in [1.807, 2.05) is 6.92 Å². The molecule has 1 amide bonds. The maximum Gasteiger partial charge on any atom is 0.264 e. The summed E-state index contributed by atoms with van der Waals surface area (Å²) in [5.74, 6) is 1.15. The van der Waals surface area contributed by atoms with Crippen LogP contribution < -0.4 is 23.8 Å². The number of nitrogens with zero attached hydrogens (tertiary/aromatic N) is 1. The highest BCUT2D eigenvalue weighted by molar-refractivity contribution is 7.92. The summed E-state index contributed by atoms with van der Waals surface area (Å²) in [5.41, 5.74) is 1.22. The van der Waals surface area contributed by atoms with Crippen LogP contribution in [0.15, 0.2) is 71.6 Å². The zero-order valence-corrected chi connectivity index (χ0v) is 20.8. The molecule has 1 heterocycles. The van der Waals surface area contributed by atoms with E-state index in [4.69, 9.17) is 25.8 Å². The van der Waals surface area contributed by atoms with Crippen LogP contribution in [-0.2, 0) is 14.8 Å². The van der Waals surface area contributed by atoms with E-state index in [1.165, 1.54) is 22.5 Å². The van der Waals surface area contributed by atoms with E-state index in [0.29, 0.717) is 16.5 Å². The number of carbonyl (C=O) groups excluding carboxylic acids is 1. The van der Waals surface area contributed by atoms with Crippen molar-refractivity contribution in [2.24, 2.45) is 0 Å². The fourth-order valence-electron chi connectivity index (χ4n) is 3.55. The summed E-state index contributed by atoms with van der Waals surface area (Å²) in [6.07, 6.45) is -1.05. The molecule has 0 bridgehead atoms. The van der Waals surface area contributed by atoms with Crippen LogP contribution >= 0.6 is 11.6 Å². The number of anilines is 1. The minimum absolute atomic E-state index is 0.114. The molecule has 4 rings (SSSR count). The Labute approximate surface area is 209 Å². The normalized spacial score (nSPS) is 15.1. The van der Waals surface area contributed by atoms with E-state index >= 15 is 0 Å². The third-order valence-electron chi connectivity index (χ3n) is 5.42. The number of sulfonamides is 1. The first-order chi connectivity index (χ1) is 16.8. The van der Waals surface area contributed by atoms with Crippen molar-refractivity contribution < 1.29 is 27.4 Å². The van der Waals surface area contributed by atoms with E-state index in [0.717, 1.165) is 5.56 Å². The van der Waals surface area contributed by atoms with Gasteiger partial charge in [0.15, 0.2) is 6.10 Å². The number of aryl methyl sites for hydroxylation is 1. The van der Waals surface area contributed by atoms with Crippen LogP contribution in [0.5, 0.6) is 17.2 Å². The predicted octanol–water partition coefficient (Wildman–Crippen LogP) is 3.81. The molecule has 10 heteroatoms. The molecule has 0 radical (unpaired) electrons. The lowest BCUT2D eigenvalue weighted by Gasteiger charge is -2.34. The van der Waals surface area contributed by atoms with Crippen molar-refractivity contribution in [2.45, 2.75) is 17.9 Å². The smallest absolute Gasteiger partial charge is 0.264 e. The van der Waals surface area contributed by atoms with Gasteiger partial charge in [0.05, 0.1) is 30.8 Å². The van der Waals surface area contributed by atoms with Gasteiger partial charge in [-0.2, -0.15) is 0 Å². The number of nitrogens with one attached hydrogen (secondary N) is 1. The van der Waals surface area contributed by atoms with Gasteiger partial charge in [-0.15, -0.1) is 0 Å². The second-order valence-corrected chi connectivity index (χ2v) is 10.2. The van der Waals surface area contributed by atoms with Crippen molar-refractivity contribution in [2.75, 3.05) is 31.1 Å². The average molecular weight is 517 g/mol. The molecule has 0 aliphatic carbocycles. The summed E-state index contributed by atoms with van der Waals surface area (Å²) in [7, 11) is -2.38. The maximum absolute atomic E-state index is 13.5. The molecule has 0 unspecified atom stereocenters. The summed E-state index contributed by atoms with van der Waals surface area (Å²) in [5, 5.41) is 3.10. The summed E-state index contributed by atoms with van der Waals surface area (Å²) < 4.78 is 44.7. The van der Waals surface area contributed by atoms with Crippen molar-refractivity contribution in [1.29, 1.82) is 0 Å².